The van der Waals surface area contributed by atoms with E-state index in [0.29, 0.717) is 0 Å². The topological polar surface area (TPSA) is 92.3 Å². The van der Waals surface area contributed by atoms with Crippen molar-refractivity contribution in [2.75, 3.05) is 9.44 Å². The molecule has 0 bridgehead atoms. The number of hydrogen-bond donors (Lipinski definition) is 2. The third-order valence-electron chi connectivity index (χ3n) is 4.12. The van der Waals surface area contributed by atoms with Crippen LogP contribution in [0.5, 0.6) is 0 Å². The molecule has 0 aliphatic carbocycles. The molecule has 0 aromatic heterocycles. The Labute approximate surface area is 189 Å². The molecule has 0 aliphatic rings. The first-order valence-electron chi connectivity index (χ1n) is 8.37. The van der Waals surface area contributed by atoms with Crippen LogP contribution < -0.4 is 9.44 Å². The Bertz CT molecular complexity index is 1200. The van der Waals surface area contributed by atoms with Gasteiger partial charge in [-0.15, -0.1) is 0 Å². The molecule has 0 saturated carbocycles. The van der Waals surface area contributed by atoms with E-state index in [2.05, 4.69) is 9.44 Å². The number of anilines is 2. The van der Waals surface area contributed by atoms with Crippen molar-refractivity contribution >= 4 is 66.2 Å². The van der Waals surface area contributed by atoms with Crippen molar-refractivity contribution in [3.63, 3.8) is 0 Å². The lowest BCUT2D eigenvalue weighted by Crippen LogP contribution is -2.18. The van der Waals surface area contributed by atoms with Crippen molar-refractivity contribution in [3.05, 3.63) is 81.3 Å². The van der Waals surface area contributed by atoms with E-state index in [-0.39, 0.29) is 41.8 Å². The fourth-order valence-corrected chi connectivity index (χ4v) is 5.64. The third-order valence-corrected chi connectivity index (χ3v) is 8.27. The smallest absolute Gasteiger partial charge is 0.262 e. The summed E-state index contributed by atoms with van der Waals surface area (Å²) in [5, 5.41) is -0.284. The Morgan fingerprint density at radius 3 is 1.37 bits per heavy atom. The van der Waals surface area contributed by atoms with Crippen LogP contribution in [0.25, 0.3) is 0 Å². The second kappa shape index (κ2) is 8.64. The fraction of sp³-hybridized carbons (Fsp3) is 0.0526. The molecule has 0 heterocycles. The monoisotopic (exact) mass is 504 g/mol. The van der Waals surface area contributed by atoms with Gasteiger partial charge in [0.05, 0.1) is 36.2 Å². The number of hydrogen-bond acceptors (Lipinski definition) is 4. The molecule has 158 valence electrons. The van der Waals surface area contributed by atoms with Crippen LogP contribution in [0.4, 0.5) is 11.4 Å². The normalized spacial score (nSPS) is 11.9. The Kier molecular flexibility index (Phi) is 6.54. The lowest BCUT2D eigenvalue weighted by atomic mass is 10.2. The van der Waals surface area contributed by atoms with Gasteiger partial charge in [-0.25, -0.2) is 16.8 Å². The van der Waals surface area contributed by atoms with Crippen LogP contribution in [0.15, 0.2) is 70.5 Å². The highest BCUT2D eigenvalue weighted by Gasteiger charge is 2.27. The lowest BCUT2D eigenvalue weighted by Gasteiger charge is -2.20. The number of sulfonamides is 2. The Morgan fingerprint density at radius 1 is 0.600 bits per heavy atom. The van der Waals surface area contributed by atoms with Gasteiger partial charge in [-0.05, 0) is 36.8 Å². The summed E-state index contributed by atoms with van der Waals surface area (Å²) in [6.45, 7) is 1.53. The van der Waals surface area contributed by atoms with E-state index >= 15 is 0 Å². The largest absolute Gasteiger partial charge is 0.276 e. The highest BCUT2D eigenvalue weighted by molar-refractivity contribution is 7.93. The molecule has 0 amide bonds. The summed E-state index contributed by atoms with van der Waals surface area (Å²) in [6, 6.07) is 15.0. The maximum Gasteiger partial charge on any atom is 0.262 e. The zero-order valence-electron chi connectivity index (χ0n) is 15.4. The van der Waals surface area contributed by atoms with Gasteiger partial charge in [0.1, 0.15) is 0 Å². The second-order valence-corrected chi connectivity index (χ2v) is 10.7. The standard InChI is InChI=1S/C19H15Cl3N2O4S2/c1-12-15(20)17(22)19(24-30(27,28)14-10-6-3-7-11-14)18(16(12)21)23-29(25,26)13-8-4-2-5-9-13/h2-11,23-24H,1H3. The van der Waals surface area contributed by atoms with Crippen LogP contribution in [0.3, 0.4) is 0 Å². The van der Waals surface area contributed by atoms with E-state index in [1.54, 1.807) is 36.4 Å². The minimum Gasteiger partial charge on any atom is -0.276 e. The molecule has 6 nitrogen and oxygen atoms in total. The second-order valence-electron chi connectivity index (χ2n) is 6.15. The van der Waals surface area contributed by atoms with Gasteiger partial charge >= 0.3 is 0 Å². The summed E-state index contributed by atoms with van der Waals surface area (Å²) in [5.74, 6) is 0. The maximum atomic E-state index is 12.8. The zero-order valence-corrected chi connectivity index (χ0v) is 19.3. The van der Waals surface area contributed by atoms with Gasteiger partial charge in [0.15, 0.2) is 0 Å². The van der Waals surface area contributed by atoms with E-state index in [4.69, 9.17) is 34.8 Å². The quantitative estimate of drug-likeness (QED) is 0.429. The molecular formula is C19H15Cl3N2O4S2. The van der Waals surface area contributed by atoms with Gasteiger partial charge in [0, 0.05) is 0 Å². The average molecular weight is 506 g/mol. The van der Waals surface area contributed by atoms with Crippen molar-refractivity contribution in [2.24, 2.45) is 0 Å². The van der Waals surface area contributed by atoms with Crippen molar-refractivity contribution in [2.45, 2.75) is 16.7 Å². The van der Waals surface area contributed by atoms with Crippen LogP contribution in [-0.4, -0.2) is 16.8 Å². The first-order chi connectivity index (χ1) is 14.0. The van der Waals surface area contributed by atoms with Crippen molar-refractivity contribution in [3.8, 4) is 0 Å². The minimum absolute atomic E-state index is 0.00455. The van der Waals surface area contributed by atoms with Gasteiger partial charge in [0.25, 0.3) is 20.0 Å². The highest BCUT2D eigenvalue weighted by Crippen LogP contribution is 2.46. The maximum absolute atomic E-state index is 12.8. The van der Waals surface area contributed by atoms with Crippen LogP contribution in [0, 0.1) is 6.92 Å². The predicted molar refractivity (Wildman–Crippen MR) is 121 cm³/mol. The summed E-state index contributed by atoms with van der Waals surface area (Å²) in [7, 11) is -8.21. The minimum atomic E-state index is -4.11. The molecule has 0 aliphatic heterocycles. The molecule has 0 saturated heterocycles. The Balaban J connectivity index is 2.16. The predicted octanol–water partition coefficient (Wildman–Crippen LogP) is 5.56. The molecule has 0 atom stereocenters. The van der Waals surface area contributed by atoms with Gasteiger partial charge < -0.3 is 0 Å². The van der Waals surface area contributed by atoms with Crippen LogP contribution >= 0.6 is 34.8 Å². The fourth-order valence-electron chi connectivity index (χ4n) is 2.56. The molecule has 11 heteroatoms. The lowest BCUT2D eigenvalue weighted by molar-refractivity contribution is 0.599. The number of rotatable bonds is 6. The molecule has 3 rings (SSSR count). The van der Waals surface area contributed by atoms with Crippen molar-refractivity contribution in [1.29, 1.82) is 0 Å². The van der Waals surface area contributed by atoms with Gasteiger partial charge in [-0.1, -0.05) is 71.2 Å². The molecule has 3 aromatic carbocycles. The van der Waals surface area contributed by atoms with Gasteiger partial charge in [-0.3, -0.25) is 9.44 Å². The molecule has 0 unspecified atom stereocenters. The summed E-state index contributed by atoms with van der Waals surface area (Å²) in [5.41, 5.74) is -0.218. The van der Waals surface area contributed by atoms with Gasteiger partial charge in [0.2, 0.25) is 0 Å². The van der Waals surface area contributed by atoms with E-state index in [9.17, 15) is 16.8 Å². The van der Waals surface area contributed by atoms with Crippen LogP contribution in [0.1, 0.15) is 5.56 Å². The number of benzene rings is 3. The average Bonchev–Trinajstić information content (AvgIpc) is 2.74. The number of halogens is 3. The van der Waals surface area contributed by atoms with Crippen LogP contribution in [0.2, 0.25) is 15.1 Å². The van der Waals surface area contributed by atoms with E-state index in [0.717, 1.165) is 0 Å². The first-order valence-corrected chi connectivity index (χ1v) is 12.5. The highest BCUT2D eigenvalue weighted by atomic mass is 35.5. The zero-order chi connectivity index (χ0) is 22.1. The van der Waals surface area contributed by atoms with E-state index in [1.807, 2.05) is 0 Å². The van der Waals surface area contributed by atoms with Gasteiger partial charge in [-0.2, -0.15) is 0 Å². The Morgan fingerprint density at radius 2 is 0.967 bits per heavy atom. The molecule has 0 fully saturated rings. The summed E-state index contributed by atoms with van der Waals surface area (Å²) >= 11 is 18.8. The van der Waals surface area contributed by atoms with E-state index < -0.39 is 20.0 Å². The summed E-state index contributed by atoms with van der Waals surface area (Å²) in [4.78, 5) is -0.0904. The molecular weight excluding hydrogens is 491 g/mol. The summed E-state index contributed by atoms with van der Waals surface area (Å²) in [6.07, 6.45) is 0. The van der Waals surface area contributed by atoms with E-state index in [1.165, 1.54) is 31.2 Å². The Hall–Kier alpha value is -1.97. The molecule has 2 N–H and O–H groups in total. The summed E-state index contributed by atoms with van der Waals surface area (Å²) < 4.78 is 55.9. The molecule has 0 spiro atoms. The van der Waals surface area contributed by atoms with Crippen molar-refractivity contribution < 1.29 is 16.8 Å². The van der Waals surface area contributed by atoms with Crippen LogP contribution in [-0.2, 0) is 20.0 Å². The molecule has 30 heavy (non-hydrogen) atoms. The van der Waals surface area contributed by atoms with Crippen molar-refractivity contribution in [1.82, 2.24) is 0 Å². The SMILES string of the molecule is Cc1c(Cl)c(Cl)c(NS(=O)(=O)c2ccccc2)c(NS(=O)(=O)c2ccccc2)c1Cl. The molecule has 3 aromatic rings. The third kappa shape index (κ3) is 4.53. The number of nitrogens with one attached hydrogen (secondary N) is 2. The first kappa shape index (κ1) is 22.7. The molecule has 0 radical (unpaired) electrons.